The SMILES string of the molecule is Cc1cc(NC(C)c2ccc(F)c(F)c2)ccc1F. The molecule has 0 saturated heterocycles. The van der Waals surface area contributed by atoms with Crippen molar-refractivity contribution in [3.63, 3.8) is 0 Å². The van der Waals surface area contributed by atoms with Crippen LogP contribution in [-0.2, 0) is 0 Å². The summed E-state index contributed by atoms with van der Waals surface area (Å²) in [6.07, 6.45) is 0. The molecule has 0 fully saturated rings. The van der Waals surface area contributed by atoms with Crippen molar-refractivity contribution >= 4 is 5.69 Å². The number of aryl methyl sites for hydroxylation is 1. The molecule has 0 spiro atoms. The van der Waals surface area contributed by atoms with Gasteiger partial charge in [0.25, 0.3) is 0 Å². The van der Waals surface area contributed by atoms with Gasteiger partial charge in [-0.25, -0.2) is 13.2 Å². The molecule has 0 aromatic heterocycles. The minimum absolute atomic E-state index is 0.208. The van der Waals surface area contributed by atoms with Crippen LogP contribution in [0.1, 0.15) is 24.1 Å². The Hall–Kier alpha value is -1.97. The third-order valence-corrected chi connectivity index (χ3v) is 2.98. The van der Waals surface area contributed by atoms with Gasteiger partial charge in [-0.05, 0) is 55.3 Å². The Morgan fingerprint density at radius 3 is 2.21 bits per heavy atom. The smallest absolute Gasteiger partial charge is 0.159 e. The average Bonchev–Trinajstić information content (AvgIpc) is 2.37. The number of rotatable bonds is 3. The Morgan fingerprint density at radius 2 is 1.58 bits per heavy atom. The van der Waals surface area contributed by atoms with Gasteiger partial charge in [0.05, 0.1) is 0 Å². The van der Waals surface area contributed by atoms with Crippen molar-refractivity contribution in [2.75, 3.05) is 5.32 Å². The van der Waals surface area contributed by atoms with Gasteiger partial charge < -0.3 is 5.32 Å². The number of nitrogens with one attached hydrogen (secondary N) is 1. The molecule has 4 heteroatoms. The molecule has 2 rings (SSSR count). The first-order valence-electron chi connectivity index (χ1n) is 5.95. The summed E-state index contributed by atoms with van der Waals surface area (Å²) < 4.78 is 39.1. The number of anilines is 1. The zero-order valence-electron chi connectivity index (χ0n) is 10.7. The van der Waals surface area contributed by atoms with Crippen LogP contribution < -0.4 is 5.32 Å². The van der Waals surface area contributed by atoms with Crippen molar-refractivity contribution < 1.29 is 13.2 Å². The summed E-state index contributed by atoms with van der Waals surface area (Å²) in [5.74, 6) is -2.01. The van der Waals surface area contributed by atoms with Gasteiger partial charge in [-0.2, -0.15) is 0 Å². The second kappa shape index (κ2) is 5.34. The van der Waals surface area contributed by atoms with E-state index in [0.29, 0.717) is 11.1 Å². The van der Waals surface area contributed by atoms with Crippen molar-refractivity contribution in [3.8, 4) is 0 Å². The van der Waals surface area contributed by atoms with Crippen LogP contribution in [0.25, 0.3) is 0 Å². The minimum Gasteiger partial charge on any atom is -0.379 e. The first kappa shape index (κ1) is 13.5. The Morgan fingerprint density at radius 1 is 0.895 bits per heavy atom. The fourth-order valence-corrected chi connectivity index (χ4v) is 1.85. The van der Waals surface area contributed by atoms with Gasteiger partial charge in [-0.15, -0.1) is 0 Å². The fourth-order valence-electron chi connectivity index (χ4n) is 1.85. The highest BCUT2D eigenvalue weighted by Gasteiger charge is 2.09. The molecule has 0 amide bonds. The Kier molecular flexibility index (Phi) is 3.79. The Labute approximate surface area is 110 Å². The normalized spacial score (nSPS) is 12.3. The molecular formula is C15H14F3N. The van der Waals surface area contributed by atoms with Gasteiger partial charge >= 0.3 is 0 Å². The summed E-state index contributed by atoms with van der Waals surface area (Å²) in [6, 6.07) is 8.22. The van der Waals surface area contributed by atoms with Crippen LogP contribution >= 0.6 is 0 Å². The zero-order chi connectivity index (χ0) is 14.0. The van der Waals surface area contributed by atoms with Crippen LogP contribution in [0.15, 0.2) is 36.4 Å². The van der Waals surface area contributed by atoms with Gasteiger partial charge in [0, 0.05) is 11.7 Å². The molecule has 19 heavy (non-hydrogen) atoms. The highest BCUT2D eigenvalue weighted by molar-refractivity contribution is 5.47. The molecule has 100 valence electrons. The highest BCUT2D eigenvalue weighted by atomic mass is 19.2. The van der Waals surface area contributed by atoms with Crippen LogP contribution in [0.4, 0.5) is 18.9 Å². The third-order valence-electron chi connectivity index (χ3n) is 2.98. The second-order valence-electron chi connectivity index (χ2n) is 4.50. The minimum atomic E-state index is -0.874. The Bertz CT molecular complexity index is 596. The molecule has 0 heterocycles. The maximum Gasteiger partial charge on any atom is 0.159 e. The van der Waals surface area contributed by atoms with E-state index in [2.05, 4.69) is 5.32 Å². The molecule has 1 atom stereocenters. The lowest BCUT2D eigenvalue weighted by atomic mass is 10.1. The van der Waals surface area contributed by atoms with Crippen molar-refractivity contribution in [3.05, 3.63) is 65.0 Å². The summed E-state index contributed by atoms with van der Waals surface area (Å²) in [7, 11) is 0. The third kappa shape index (κ3) is 3.08. The second-order valence-corrected chi connectivity index (χ2v) is 4.50. The van der Waals surface area contributed by atoms with Crippen LogP contribution in [0, 0.1) is 24.4 Å². The zero-order valence-corrected chi connectivity index (χ0v) is 10.7. The first-order chi connectivity index (χ1) is 8.97. The van der Waals surface area contributed by atoms with Crippen LogP contribution in [0.2, 0.25) is 0 Å². The van der Waals surface area contributed by atoms with Crippen molar-refractivity contribution in [1.29, 1.82) is 0 Å². The molecule has 0 bridgehead atoms. The highest BCUT2D eigenvalue weighted by Crippen LogP contribution is 2.22. The van der Waals surface area contributed by atoms with Gasteiger partial charge in [0.1, 0.15) is 5.82 Å². The molecule has 1 nitrogen and oxygen atoms in total. The monoisotopic (exact) mass is 265 g/mol. The first-order valence-corrected chi connectivity index (χ1v) is 5.95. The van der Waals surface area contributed by atoms with Crippen molar-refractivity contribution in [2.24, 2.45) is 0 Å². The average molecular weight is 265 g/mol. The van der Waals surface area contributed by atoms with E-state index >= 15 is 0 Å². The lowest BCUT2D eigenvalue weighted by molar-refractivity contribution is 0.506. The van der Waals surface area contributed by atoms with Gasteiger partial charge in [-0.3, -0.25) is 0 Å². The van der Waals surface area contributed by atoms with E-state index in [4.69, 9.17) is 0 Å². The van der Waals surface area contributed by atoms with E-state index < -0.39 is 11.6 Å². The van der Waals surface area contributed by atoms with E-state index in [1.54, 1.807) is 19.1 Å². The van der Waals surface area contributed by atoms with Crippen molar-refractivity contribution in [2.45, 2.75) is 19.9 Å². The molecule has 2 aromatic rings. The van der Waals surface area contributed by atoms with E-state index in [1.165, 1.54) is 12.1 Å². The summed E-state index contributed by atoms with van der Waals surface area (Å²) >= 11 is 0. The van der Waals surface area contributed by atoms with Crippen LogP contribution in [0.5, 0.6) is 0 Å². The number of hydrogen-bond donors (Lipinski definition) is 1. The molecule has 0 aliphatic rings. The predicted octanol–water partition coefficient (Wildman–Crippen LogP) is 4.59. The maximum absolute atomic E-state index is 13.1. The van der Waals surface area contributed by atoms with E-state index in [-0.39, 0.29) is 11.9 Å². The Balaban J connectivity index is 2.17. The number of benzene rings is 2. The number of hydrogen-bond acceptors (Lipinski definition) is 1. The molecule has 0 aliphatic heterocycles. The van der Waals surface area contributed by atoms with Gasteiger partial charge in [0.2, 0.25) is 0 Å². The largest absolute Gasteiger partial charge is 0.379 e. The van der Waals surface area contributed by atoms with E-state index in [1.807, 2.05) is 6.92 Å². The van der Waals surface area contributed by atoms with Crippen molar-refractivity contribution in [1.82, 2.24) is 0 Å². The van der Waals surface area contributed by atoms with Gasteiger partial charge in [0.15, 0.2) is 11.6 Å². The lowest BCUT2D eigenvalue weighted by Crippen LogP contribution is -2.07. The maximum atomic E-state index is 13.1. The molecular weight excluding hydrogens is 251 g/mol. The quantitative estimate of drug-likeness (QED) is 0.856. The fraction of sp³-hybridized carbons (Fsp3) is 0.200. The molecule has 1 N–H and O–H groups in total. The topological polar surface area (TPSA) is 12.0 Å². The van der Waals surface area contributed by atoms with Crippen LogP contribution in [-0.4, -0.2) is 0 Å². The standard InChI is InChI=1S/C15H14F3N/c1-9-7-12(4-6-13(9)16)19-10(2)11-3-5-14(17)15(18)8-11/h3-8,10,19H,1-2H3. The van der Waals surface area contributed by atoms with E-state index in [0.717, 1.165) is 17.8 Å². The summed E-state index contributed by atoms with van der Waals surface area (Å²) in [5, 5.41) is 3.12. The van der Waals surface area contributed by atoms with Gasteiger partial charge in [-0.1, -0.05) is 6.07 Å². The summed E-state index contributed by atoms with van der Waals surface area (Å²) in [6.45, 7) is 3.49. The summed E-state index contributed by atoms with van der Waals surface area (Å²) in [4.78, 5) is 0. The molecule has 2 aromatic carbocycles. The predicted molar refractivity (Wildman–Crippen MR) is 69.5 cm³/mol. The summed E-state index contributed by atoms with van der Waals surface area (Å²) in [5.41, 5.74) is 1.89. The molecule has 0 aliphatic carbocycles. The van der Waals surface area contributed by atoms with E-state index in [9.17, 15) is 13.2 Å². The molecule has 1 unspecified atom stereocenters. The lowest BCUT2D eigenvalue weighted by Gasteiger charge is -2.16. The number of halogens is 3. The van der Waals surface area contributed by atoms with Crippen LogP contribution in [0.3, 0.4) is 0 Å². The molecule has 0 radical (unpaired) electrons. The molecule has 0 saturated carbocycles.